The second kappa shape index (κ2) is 8.51. The Morgan fingerprint density at radius 3 is 2.32 bits per heavy atom. The molecule has 0 saturated heterocycles. The minimum atomic E-state index is -1.32. The van der Waals surface area contributed by atoms with Crippen molar-refractivity contribution in [1.29, 1.82) is 0 Å². The van der Waals surface area contributed by atoms with Crippen molar-refractivity contribution >= 4 is 5.91 Å². The molecule has 19 heavy (non-hydrogen) atoms. The summed E-state index contributed by atoms with van der Waals surface area (Å²) in [4.78, 5) is 11.8. The molecule has 0 aliphatic heterocycles. The second-order valence-electron chi connectivity index (χ2n) is 5.96. The van der Waals surface area contributed by atoms with Crippen molar-refractivity contribution < 1.29 is 15.0 Å². The Kier molecular flexibility index (Phi) is 8.22. The third-order valence-electron chi connectivity index (χ3n) is 3.58. The molecule has 114 valence electrons. The number of rotatable bonds is 9. The summed E-state index contributed by atoms with van der Waals surface area (Å²) in [5.74, 6) is 0.496. The SMILES string of the molecule is CC(C)CCCCC(=O)N[C@H](CO)[C@@](C)(O)[C@H](C)N. The lowest BCUT2D eigenvalue weighted by Gasteiger charge is -2.35. The zero-order chi connectivity index (χ0) is 15.1. The topological polar surface area (TPSA) is 95.6 Å². The number of carbonyl (C=O) groups excluding carboxylic acids is 1. The van der Waals surface area contributed by atoms with Crippen LogP contribution in [-0.4, -0.2) is 40.4 Å². The van der Waals surface area contributed by atoms with Gasteiger partial charge in [-0.05, 0) is 26.2 Å². The summed E-state index contributed by atoms with van der Waals surface area (Å²) < 4.78 is 0. The number of aliphatic hydroxyl groups excluding tert-OH is 1. The molecule has 0 aromatic heterocycles. The normalized spacial score (nSPS) is 17.9. The predicted molar refractivity (Wildman–Crippen MR) is 76.6 cm³/mol. The Morgan fingerprint density at radius 1 is 1.32 bits per heavy atom. The predicted octanol–water partition coefficient (Wildman–Crippen LogP) is 0.778. The largest absolute Gasteiger partial charge is 0.394 e. The van der Waals surface area contributed by atoms with Gasteiger partial charge in [-0.3, -0.25) is 4.79 Å². The van der Waals surface area contributed by atoms with Crippen molar-refractivity contribution in [2.75, 3.05) is 6.61 Å². The molecule has 0 aromatic rings. The Morgan fingerprint density at radius 2 is 1.89 bits per heavy atom. The van der Waals surface area contributed by atoms with Crippen LogP contribution in [0, 0.1) is 5.92 Å². The number of amides is 1. The summed E-state index contributed by atoms with van der Waals surface area (Å²) in [6.45, 7) is 7.16. The zero-order valence-corrected chi connectivity index (χ0v) is 12.6. The van der Waals surface area contributed by atoms with E-state index in [9.17, 15) is 15.0 Å². The summed E-state index contributed by atoms with van der Waals surface area (Å²) >= 11 is 0. The first-order valence-electron chi connectivity index (χ1n) is 7.10. The average molecular weight is 274 g/mol. The molecule has 0 aliphatic rings. The fourth-order valence-corrected chi connectivity index (χ4v) is 1.80. The number of nitrogens with two attached hydrogens (primary N) is 1. The number of unbranched alkanes of at least 4 members (excludes halogenated alkanes) is 1. The average Bonchev–Trinajstić information content (AvgIpc) is 2.30. The standard InChI is InChI=1S/C14H30N2O3/c1-10(2)7-5-6-8-13(18)16-12(9-17)14(4,19)11(3)15/h10-12,17,19H,5-9,15H2,1-4H3,(H,16,18)/t11-,12+,14-/m0/s1. The smallest absolute Gasteiger partial charge is 0.220 e. The van der Waals surface area contributed by atoms with Gasteiger partial charge in [-0.1, -0.05) is 26.7 Å². The van der Waals surface area contributed by atoms with Gasteiger partial charge in [0.05, 0.1) is 18.2 Å². The highest BCUT2D eigenvalue weighted by atomic mass is 16.3. The van der Waals surface area contributed by atoms with Crippen molar-refractivity contribution in [1.82, 2.24) is 5.32 Å². The van der Waals surface area contributed by atoms with E-state index in [1.807, 2.05) is 0 Å². The number of hydrogen-bond donors (Lipinski definition) is 4. The van der Waals surface area contributed by atoms with Crippen LogP contribution < -0.4 is 11.1 Å². The van der Waals surface area contributed by atoms with E-state index >= 15 is 0 Å². The molecular weight excluding hydrogens is 244 g/mol. The molecule has 0 aromatic carbocycles. The first-order chi connectivity index (χ1) is 8.71. The van der Waals surface area contributed by atoms with E-state index in [0.29, 0.717) is 12.3 Å². The summed E-state index contributed by atoms with van der Waals surface area (Å²) in [6.07, 6.45) is 3.35. The van der Waals surface area contributed by atoms with E-state index in [1.54, 1.807) is 6.92 Å². The van der Waals surface area contributed by atoms with Gasteiger partial charge in [-0.25, -0.2) is 0 Å². The van der Waals surface area contributed by atoms with Gasteiger partial charge < -0.3 is 21.3 Å². The van der Waals surface area contributed by atoms with E-state index in [4.69, 9.17) is 5.73 Å². The van der Waals surface area contributed by atoms with Crippen LogP contribution in [0.15, 0.2) is 0 Å². The first kappa shape index (κ1) is 18.4. The Balaban J connectivity index is 4.14. The fraction of sp³-hybridized carbons (Fsp3) is 0.929. The lowest BCUT2D eigenvalue weighted by Crippen LogP contribution is -2.60. The van der Waals surface area contributed by atoms with E-state index in [0.717, 1.165) is 19.3 Å². The van der Waals surface area contributed by atoms with Gasteiger partial charge in [0.1, 0.15) is 0 Å². The molecule has 0 spiro atoms. The number of nitrogens with one attached hydrogen (secondary N) is 1. The molecule has 5 heteroatoms. The highest BCUT2D eigenvalue weighted by Crippen LogP contribution is 2.14. The molecule has 0 unspecified atom stereocenters. The van der Waals surface area contributed by atoms with Gasteiger partial charge in [-0.2, -0.15) is 0 Å². The highest BCUT2D eigenvalue weighted by molar-refractivity contribution is 5.76. The van der Waals surface area contributed by atoms with Crippen LogP contribution in [0.3, 0.4) is 0 Å². The number of carbonyl (C=O) groups is 1. The maximum Gasteiger partial charge on any atom is 0.220 e. The van der Waals surface area contributed by atoms with Crippen molar-refractivity contribution in [3.63, 3.8) is 0 Å². The van der Waals surface area contributed by atoms with Crippen LogP contribution in [0.4, 0.5) is 0 Å². The molecule has 0 bridgehead atoms. The molecule has 0 rings (SSSR count). The molecule has 0 radical (unpaired) electrons. The van der Waals surface area contributed by atoms with Gasteiger partial charge in [0, 0.05) is 12.5 Å². The monoisotopic (exact) mass is 274 g/mol. The Labute approximate surface area is 116 Å². The quantitative estimate of drug-likeness (QED) is 0.467. The van der Waals surface area contributed by atoms with Gasteiger partial charge in [0.25, 0.3) is 0 Å². The molecule has 0 heterocycles. The van der Waals surface area contributed by atoms with Crippen LogP contribution in [0.2, 0.25) is 0 Å². The molecule has 0 fully saturated rings. The van der Waals surface area contributed by atoms with Crippen LogP contribution in [0.1, 0.15) is 53.4 Å². The zero-order valence-electron chi connectivity index (χ0n) is 12.6. The van der Waals surface area contributed by atoms with Gasteiger partial charge in [0.15, 0.2) is 0 Å². The van der Waals surface area contributed by atoms with Crippen LogP contribution in [0.25, 0.3) is 0 Å². The molecule has 5 N–H and O–H groups in total. The minimum Gasteiger partial charge on any atom is -0.394 e. The Bertz CT molecular complexity index is 265. The van der Waals surface area contributed by atoms with Crippen molar-refractivity contribution in [3.05, 3.63) is 0 Å². The van der Waals surface area contributed by atoms with E-state index in [2.05, 4.69) is 19.2 Å². The maximum atomic E-state index is 11.8. The lowest BCUT2D eigenvalue weighted by molar-refractivity contribution is -0.125. The number of aliphatic hydroxyl groups is 2. The van der Waals surface area contributed by atoms with Crippen LogP contribution >= 0.6 is 0 Å². The van der Waals surface area contributed by atoms with Gasteiger partial charge >= 0.3 is 0 Å². The maximum absolute atomic E-state index is 11.8. The van der Waals surface area contributed by atoms with E-state index < -0.39 is 17.7 Å². The first-order valence-corrected chi connectivity index (χ1v) is 7.10. The second-order valence-corrected chi connectivity index (χ2v) is 5.96. The third kappa shape index (κ3) is 6.89. The summed E-state index contributed by atoms with van der Waals surface area (Å²) in [6, 6.07) is -1.27. The molecule has 3 atom stereocenters. The number of hydrogen-bond acceptors (Lipinski definition) is 4. The molecule has 1 amide bonds. The molecular formula is C14H30N2O3. The van der Waals surface area contributed by atoms with Crippen molar-refractivity contribution in [3.8, 4) is 0 Å². The highest BCUT2D eigenvalue weighted by Gasteiger charge is 2.36. The minimum absolute atomic E-state index is 0.149. The summed E-state index contributed by atoms with van der Waals surface area (Å²) in [5.41, 5.74) is 4.35. The Hall–Kier alpha value is -0.650. The van der Waals surface area contributed by atoms with Gasteiger partial charge in [0.2, 0.25) is 5.91 Å². The lowest BCUT2D eigenvalue weighted by atomic mass is 9.90. The van der Waals surface area contributed by atoms with Crippen molar-refractivity contribution in [2.24, 2.45) is 11.7 Å². The fourth-order valence-electron chi connectivity index (χ4n) is 1.80. The van der Waals surface area contributed by atoms with E-state index in [1.165, 1.54) is 6.92 Å². The summed E-state index contributed by atoms with van der Waals surface area (Å²) in [5, 5.41) is 22.1. The van der Waals surface area contributed by atoms with Crippen LogP contribution in [0.5, 0.6) is 0 Å². The molecule has 5 nitrogen and oxygen atoms in total. The summed E-state index contributed by atoms with van der Waals surface area (Å²) in [7, 11) is 0. The van der Waals surface area contributed by atoms with Crippen LogP contribution in [-0.2, 0) is 4.79 Å². The third-order valence-corrected chi connectivity index (χ3v) is 3.58. The van der Waals surface area contributed by atoms with Crippen molar-refractivity contribution in [2.45, 2.75) is 71.1 Å². The van der Waals surface area contributed by atoms with E-state index in [-0.39, 0.29) is 12.5 Å². The molecule has 0 aliphatic carbocycles. The van der Waals surface area contributed by atoms with Gasteiger partial charge in [-0.15, -0.1) is 0 Å². The molecule has 0 saturated carbocycles.